The summed E-state index contributed by atoms with van der Waals surface area (Å²) in [4.78, 5) is 11.6. The van der Waals surface area contributed by atoms with Crippen LogP contribution in [-0.4, -0.2) is 22.2 Å². The highest BCUT2D eigenvalue weighted by molar-refractivity contribution is 6.37. The van der Waals surface area contributed by atoms with Gasteiger partial charge in [-0.3, -0.25) is 4.79 Å². The molecule has 0 saturated carbocycles. The number of benzene rings is 1. The maximum Gasteiger partial charge on any atom is 0.253 e. The van der Waals surface area contributed by atoms with Gasteiger partial charge in [0.05, 0.1) is 10.7 Å². The lowest BCUT2D eigenvalue weighted by Crippen LogP contribution is -2.27. The van der Waals surface area contributed by atoms with Crippen LogP contribution < -0.4 is 5.32 Å². The molecule has 0 aliphatic carbocycles. The topological polar surface area (TPSA) is 69.6 Å². The third kappa shape index (κ3) is 3.28. The maximum absolute atomic E-state index is 11.6. The zero-order valence-electron chi connectivity index (χ0n) is 10.1. The summed E-state index contributed by atoms with van der Waals surface area (Å²) in [5, 5.41) is 22.1. The minimum absolute atomic E-state index is 0.0859. The summed E-state index contributed by atoms with van der Waals surface area (Å²) >= 11 is 11.8. The van der Waals surface area contributed by atoms with Gasteiger partial charge < -0.3 is 15.5 Å². The van der Waals surface area contributed by atoms with E-state index in [0.717, 1.165) is 0 Å². The summed E-state index contributed by atoms with van der Waals surface area (Å²) in [5.41, 5.74) is 0.624. The quantitative estimate of drug-likeness (QED) is 0.747. The van der Waals surface area contributed by atoms with Crippen molar-refractivity contribution in [3.05, 3.63) is 21.7 Å². The first-order chi connectivity index (χ1) is 8.38. The number of aliphatic hydroxyl groups excluding tert-OH is 1. The second kappa shape index (κ2) is 6.27. The van der Waals surface area contributed by atoms with Gasteiger partial charge in [0.15, 0.2) is 5.75 Å². The van der Waals surface area contributed by atoms with E-state index in [-0.39, 0.29) is 16.5 Å². The number of hydrogen-bond acceptors (Lipinski definition) is 3. The Kier molecular flexibility index (Phi) is 5.26. The molecule has 1 rings (SSSR count). The molecule has 1 amide bonds. The minimum atomic E-state index is -1.12. The van der Waals surface area contributed by atoms with Crippen molar-refractivity contribution in [2.75, 3.05) is 5.32 Å². The fourth-order valence-corrected chi connectivity index (χ4v) is 1.88. The summed E-state index contributed by atoms with van der Waals surface area (Å²) in [6.45, 7) is 3.51. The lowest BCUT2D eigenvalue weighted by Gasteiger charge is -2.14. The Morgan fingerprint density at radius 2 is 2.11 bits per heavy atom. The molecule has 100 valence electrons. The maximum atomic E-state index is 11.6. The summed E-state index contributed by atoms with van der Waals surface area (Å²) < 4.78 is 0. The molecule has 3 N–H and O–H groups in total. The van der Waals surface area contributed by atoms with E-state index in [1.807, 2.05) is 6.92 Å². The Hall–Kier alpha value is -0.970. The van der Waals surface area contributed by atoms with Crippen molar-refractivity contribution in [1.82, 2.24) is 0 Å². The average Bonchev–Trinajstić information content (AvgIpc) is 2.33. The van der Waals surface area contributed by atoms with Crippen molar-refractivity contribution >= 4 is 34.8 Å². The number of anilines is 1. The van der Waals surface area contributed by atoms with E-state index in [1.54, 1.807) is 6.92 Å². The molecule has 18 heavy (non-hydrogen) atoms. The van der Waals surface area contributed by atoms with Gasteiger partial charge in [0.25, 0.3) is 5.91 Å². The van der Waals surface area contributed by atoms with Crippen molar-refractivity contribution in [3.8, 4) is 5.75 Å². The number of carbonyl (C=O) groups is 1. The third-order valence-corrected chi connectivity index (χ3v) is 3.40. The molecule has 1 aromatic rings. The van der Waals surface area contributed by atoms with Crippen molar-refractivity contribution in [2.24, 2.45) is 0 Å². The monoisotopic (exact) mass is 291 g/mol. The van der Waals surface area contributed by atoms with Gasteiger partial charge in [0, 0.05) is 5.02 Å². The van der Waals surface area contributed by atoms with Crippen LogP contribution in [0.3, 0.4) is 0 Å². The molecular formula is C12H15Cl2NO3. The number of hydrogen-bond donors (Lipinski definition) is 3. The first-order valence-electron chi connectivity index (χ1n) is 5.55. The van der Waals surface area contributed by atoms with Crippen LogP contribution >= 0.6 is 23.2 Å². The van der Waals surface area contributed by atoms with E-state index in [9.17, 15) is 15.0 Å². The predicted octanol–water partition coefficient (Wildman–Crippen LogP) is 3.11. The first kappa shape index (κ1) is 15.1. The summed E-state index contributed by atoms with van der Waals surface area (Å²) in [6.07, 6.45) is -0.0936. The Balaban J connectivity index is 2.95. The number of phenolic OH excluding ortho intramolecular Hbond substituents is 1. The van der Waals surface area contributed by atoms with Gasteiger partial charge in [-0.15, -0.1) is 0 Å². The highest BCUT2D eigenvalue weighted by Crippen LogP contribution is 2.38. The van der Waals surface area contributed by atoms with Crippen LogP contribution in [0.2, 0.25) is 10.0 Å². The molecule has 0 saturated heterocycles. The smallest absolute Gasteiger partial charge is 0.253 e. The average molecular weight is 292 g/mol. The van der Waals surface area contributed by atoms with Gasteiger partial charge in [-0.1, -0.05) is 36.5 Å². The van der Waals surface area contributed by atoms with E-state index in [2.05, 4.69) is 5.32 Å². The highest BCUT2D eigenvalue weighted by Gasteiger charge is 2.18. The Labute approximate surface area is 116 Å². The molecule has 1 aromatic carbocycles. The molecule has 0 radical (unpaired) electrons. The van der Waals surface area contributed by atoms with Gasteiger partial charge >= 0.3 is 0 Å². The number of nitrogens with one attached hydrogen (secondary N) is 1. The summed E-state index contributed by atoms with van der Waals surface area (Å²) in [7, 11) is 0. The molecule has 0 spiro atoms. The number of carbonyl (C=O) groups excluding carboxylic acids is 1. The Morgan fingerprint density at radius 3 is 2.67 bits per heavy atom. The minimum Gasteiger partial charge on any atom is -0.504 e. The number of halogens is 2. The van der Waals surface area contributed by atoms with Gasteiger partial charge in [0.1, 0.15) is 6.10 Å². The molecule has 0 aliphatic heterocycles. The second-order valence-corrected chi connectivity index (χ2v) is 4.77. The number of phenols is 1. The van der Waals surface area contributed by atoms with E-state index < -0.39 is 12.0 Å². The molecule has 0 fully saturated rings. The van der Waals surface area contributed by atoms with Crippen LogP contribution in [0.25, 0.3) is 0 Å². The normalized spacial score (nSPS) is 12.3. The molecule has 6 heteroatoms. The van der Waals surface area contributed by atoms with Gasteiger partial charge in [-0.2, -0.15) is 0 Å². The number of amides is 1. The molecule has 1 unspecified atom stereocenters. The van der Waals surface area contributed by atoms with E-state index >= 15 is 0 Å². The van der Waals surface area contributed by atoms with Crippen molar-refractivity contribution < 1.29 is 15.0 Å². The molecule has 0 heterocycles. The highest BCUT2D eigenvalue weighted by atomic mass is 35.5. The zero-order valence-corrected chi connectivity index (χ0v) is 11.6. The summed E-state index contributed by atoms with van der Waals surface area (Å²) in [5.74, 6) is -0.848. The van der Waals surface area contributed by atoms with Gasteiger partial charge in [-0.25, -0.2) is 0 Å². The molecular weight excluding hydrogens is 277 g/mol. The van der Waals surface area contributed by atoms with Crippen LogP contribution in [0.5, 0.6) is 5.75 Å². The lowest BCUT2D eigenvalue weighted by molar-refractivity contribution is -0.124. The predicted molar refractivity (Wildman–Crippen MR) is 72.4 cm³/mol. The fourth-order valence-electron chi connectivity index (χ4n) is 1.42. The number of aliphatic hydroxyl groups is 1. The van der Waals surface area contributed by atoms with Crippen molar-refractivity contribution in [1.29, 1.82) is 0 Å². The first-order valence-corrected chi connectivity index (χ1v) is 6.30. The van der Waals surface area contributed by atoms with Crippen LogP contribution in [0.1, 0.15) is 25.3 Å². The van der Waals surface area contributed by atoms with Crippen LogP contribution in [0.15, 0.2) is 6.07 Å². The number of rotatable bonds is 4. The molecule has 4 nitrogen and oxygen atoms in total. The van der Waals surface area contributed by atoms with E-state index in [0.29, 0.717) is 23.4 Å². The SMILES string of the molecule is CCCC(O)C(=O)Nc1cc(Cl)c(C)c(Cl)c1O. The third-order valence-electron chi connectivity index (χ3n) is 2.54. The van der Waals surface area contributed by atoms with Crippen molar-refractivity contribution in [2.45, 2.75) is 32.8 Å². The Morgan fingerprint density at radius 1 is 1.50 bits per heavy atom. The summed E-state index contributed by atoms with van der Waals surface area (Å²) in [6, 6.07) is 1.40. The molecule has 0 bridgehead atoms. The lowest BCUT2D eigenvalue weighted by atomic mass is 10.1. The molecule has 0 aliphatic rings. The van der Waals surface area contributed by atoms with E-state index in [1.165, 1.54) is 6.07 Å². The largest absolute Gasteiger partial charge is 0.504 e. The standard InChI is InChI=1S/C12H15Cl2NO3/c1-3-4-9(16)12(18)15-8-5-7(13)6(2)10(14)11(8)17/h5,9,16-17H,3-4H2,1-2H3,(H,15,18). The second-order valence-electron chi connectivity index (χ2n) is 3.99. The van der Waals surface area contributed by atoms with Crippen LogP contribution in [0, 0.1) is 6.92 Å². The van der Waals surface area contributed by atoms with Crippen LogP contribution in [-0.2, 0) is 4.79 Å². The van der Waals surface area contributed by atoms with Crippen LogP contribution in [0.4, 0.5) is 5.69 Å². The number of aromatic hydroxyl groups is 1. The molecule has 0 aromatic heterocycles. The van der Waals surface area contributed by atoms with Gasteiger partial charge in [0.2, 0.25) is 0 Å². The zero-order chi connectivity index (χ0) is 13.9. The van der Waals surface area contributed by atoms with Crippen molar-refractivity contribution in [3.63, 3.8) is 0 Å². The van der Waals surface area contributed by atoms with Gasteiger partial charge in [-0.05, 0) is 25.0 Å². The fraction of sp³-hybridized carbons (Fsp3) is 0.417. The molecule has 1 atom stereocenters. The Bertz CT molecular complexity index is 463. The van der Waals surface area contributed by atoms with E-state index in [4.69, 9.17) is 23.2 Å².